The number of phenols is 3. The molecule has 5 N–H and O–H groups in total. The average Bonchev–Trinajstić information content (AvgIpc) is 3.60. The van der Waals surface area contributed by atoms with E-state index in [0.717, 1.165) is 71.9 Å². The molecule has 2 atom stereocenters. The molecular weight excluding hydrogens is 967 g/mol. The molecule has 0 saturated heterocycles. The molecule has 5 aromatic rings. The summed E-state index contributed by atoms with van der Waals surface area (Å²) < 4.78 is 18.9. The molecule has 0 amide bonds. The van der Waals surface area contributed by atoms with Gasteiger partial charge in [0.25, 0.3) is 0 Å². The Bertz CT molecular complexity index is 2610. The number of benzene rings is 5. The SMILES string of the molecule is CCCCCCCCCCCCOc1ccc(C2(c3ccc(C)cc3C)N=C(c3ccc(OCCCCCCCC)cc3O)NC(c3ccc(C)cc3C)(c3ccc(OCCCCCCCCCCCC)cc3O)N2)c(O)c1. The highest BCUT2D eigenvalue weighted by molar-refractivity contribution is 6.03. The van der Waals surface area contributed by atoms with Crippen molar-refractivity contribution in [2.45, 2.75) is 227 Å². The number of rotatable bonds is 37. The fourth-order valence-electron chi connectivity index (χ4n) is 11.4. The van der Waals surface area contributed by atoms with Crippen molar-refractivity contribution in [3.8, 4) is 34.5 Å². The molecular formula is C69H99N3O6. The van der Waals surface area contributed by atoms with Gasteiger partial charge in [-0.05, 0) is 100 Å². The van der Waals surface area contributed by atoms with Gasteiger partial charge in [0.2, 0.25) is 0 Å². The van der Waals surface area contributed by atoms with Crippen LogP contribution in [-0.4, -0.2) is 41.0 Å². The second kappa shape index (κ2) is 32.4. The third kappa shape index (κ3) is 17.7. The molecule has 2 unspecified atom stereocenters. The fourth-order valence-corrected chi connectivity index (χ4v) is 11.4. The average molecular weight is 1070 g/mol. The Hall–Kier alpha value is -5.67. The van der Waals surface area contributed by atoms with Gasteiger partial charge in [-0.1, -0.05) is 216 Å². The lowest BCUT2D eigenvalue weighted by Gasteiger charge is -2.50. The third-order valence-corrected chi connectivity index (χ3v) is 15.8. The highest BCUT2D eigenvalue weighted by Gasteiger charge is 2.52. The summed E-state index contributed by atoms with van der Waals surface area (Å²) in [5, 5.41) is 45.2. The number of aliphatic imine (C=N–C) groups is 1. The number of hydrogen-bond acceptors (Lipinski definition) is 9. The minimum Gasteiger partial charge on any atom is -0.507 e. The highest BCUT2D eigenvalue weighted by atomic mass is 16.5. The quantitative estimate of drug-likeness (QED) is 0.0249. The minimum absolute atomic E-state index is 0.00827. The van der Waals surface area contributed by atoms with E-state index in [2.05, 4.69) is 95.5 Å². The van der Waals surface area contributed by atoms with Crippen molar-refractivity contribution in [1.29, 1.82) is 0 Å². The summed E-state index contributed by atoms with van der Waals surface area (Å²) in [7, 11) is 0. The number of nitrogens with one attached hydrogen (secondary N) is 2. The molecule has 5 aromatic carbocycles. The van der Waals surface area contributed by atoms with E-state index in [1.165, 1.54) is 128 Å². The van der Waals surface area contributed by atoms with Crippen LogP contribution in [0.4, 0.5) is 0 Å². The molecule has 1 aliphatic heterocycles. The van der Waals surface area contributed by atoms with Crippen LogP contribution in [0.3, 0.4) is 0 Å². The van der Waals surface area contributed by atoms with Crippen molar-refractivity contribution >= 4 is 5.84 Å². The van der Waals surface area contributed by atoms with Gasteiger partial charge in [-0.2, -0.15) is 0 Å². The molecule has 1 aliphatic rings. The Labute approximate surface area is 471 Å². The number of aromatic hydroxyl groups is 3. The number of nitrogens with zero attached hydrogens (tertiary/aromatic N) is 1. The van der Waals surface area contributed by atoms with Gasteiger partial charge in [-0.15, -0.1) is 0 Å². The fraction of sp³-hybridized carbons (Fsp3) is 0.551. The summed E-state index contributed by atoms with van der Waals surface area (Å²) in [5.41, 5.74) is 4.08. The molecule has 0 aromatic heterocycles. The number of amidine groups is 1. The van der Waals surface area contributed by atoms with E-state index in [9.17, 15) is 15.3 Å². The molecule has 9 nitrogen and oxygen atoms in total. The van der Waals surface area contributed by atoms with Gasteiger partial charge in [0.15, 0.2) is 5.66 Å². The molecule has 426 valence electrons. The van der Waals surface area contributed by atoms with Crippen LogP contribution in [0, 0.1) is 27.7 Å². The van der Waals surface area contributed by atoms with Gasteiger partial charge < -0.3 is 34.8 Å². The summed E-state index contributed by atoms with van der Waals surface area (Å²) >= 11 is 0. The zero-order valence-electron chi connectivity index (χ0n) is 49.2. The zero-order chi connectivity index (χ0) is 55.6. The van der Waals surface area contributed by atoms with Gasteiger partial charge >= 0.3 is 0 Å². The molecule has 1 heterocycles. The summed E-state index contributed by atoms with van der Waals surface area (Å²) in [6.45, 7) is 16.7. The first-order chi connectivity index (χ1) is 37.9. The van der Waals surface area contributed by atoms with E-state index in [0.29, 0.717) is 59.6 Å². The number of aryl methyl sites for hydroxylation is 4. The van der Waals surface area contributed by atoms with Crippen molar-refractivity contribution in [1.82, 2.24) is 10.6 Å². The number of ether oxygens (including phenoxy) is 3. The maximum Gasteiger partial charge on any atom is 0.170 e. The first kappa shape index (κ1) is 61.5. The summed E-state index contributed by atoms with van der Waals surface area (Å²) in [5.74, 6) is 2.04. The third-order valence-electron chi connectivity index (χ3n) is 15.8. The first-order valence-electron chi connectivity index (χ1n) is 30.7. The van der Waals surface area contributed by atoms with Gasteiger partial charge in [-0.25, -0.2) is 4.99 Å². The lowest BCUT2D eigenvalue weighted by atomic mass is 9.79. The second-order valence-electron chi connectivity index (χ2n) is 22.5. The predicted octanol–water partition coefficient (Wildman–Crippen LogP) is 18.1. The number of unbranched alkanes of at least 4 members (excludes halogenated alkanes) is 23. The maximum atomic E-state index is 12.6. The number of hydrogen-bond donors (Lipinski definition) is 5. The van der Waals surface area contributed by atoms with Crippen LogP contribution in [0.2, 0.25) is 0 Å². The second-order valence-corrected chi connectivity index (χ2v) is 22.5. The highest BCUT2D eigenvalue weighted by Crippen LogP contribution is 2.49. The molecule has 78 heavy (non-hydrogen) atoms. The molecule has 0 fully saturated rings. The van der Waals surface area contributed by atoms with Crippen molar-refractivity contribution in [2.24, 2.45) is 4.99 Å². The Kier molecular flexibility index (Phi) is 25.6. The Morgan fingerprint density at radius 3 is 1.14 bits per heavy atom. The topological polar surface area (TPSA) is 125 Å². The van der Waals surface area contributed by atoms with Crippen molar-refractivity contribution in [3.63, 3.8) is 0 Å². The molecule has 0 saturated carbocycles. The minimum atomic E-state index is -1.54. The van der Waals surface area contributed by atoms with E-state index in [4.69, 9.17) is 19.2 Å². The van der Waals surface area contributed by atoms with Crippen LogP contribution < -0.4 is 24.8 Å². The molecule has 6 rings (SSSR count). The zero-order valence-corrected chi connectivity index (χ0v) is 49.2. The molecule has 0 radical (unpaired) electrons. The van der Waals surface area contributed by atoms with Crippen LogP contribution in [0.1, 0.15) is 238 Å². The van der Waals surface area contributed by atoms with E-state index < -0.39 is 11.3 Å². The smallest absolute Gasteiger partial charge is 0.170 e. The monoisotopic (exact) mass is 1070 g/mol. The summed E-state index contributed by atoms with van der Waals surface area (Å²) in [4.78, 5) is 5.66. The Morgan fingerprint density at radius 1 is 0.385 bits per heavy atom. The van der Waals surface area contributed by atoms with E-state index in [1.807, 2.05) is 36.4 Å². The van der Waals surface area contributed by atoms with Crippen molar-refractivity contribution in [2.75, 3.05) is 19.8 Å². The first-order valence-corrected chi connectivity index (χ1v) is 30.7. The summed E-state index contributed by atoms with van der Waals surface area (Å²) in [6, 6.07) is 29.0. The molecule has 0 spiro atoms. The Morgan fingerprint density at radius 2 is 0.744 bits per heavy atom. The van der Waals surface area contributed by atoms with E-state index >= 15 is 0 Å². The standard InChI is InChI=1S/C69H99N3O6/c1-8-11-14-17-20-22-24-26-29-32-45-77-57-37-42-62(65(74)50-57)68(60-40-34-52(4)47-54(60)6)70-67(59-39-36-56(49-64(59)73)76-44-31-28-19-16-13-10-3)71-69(72-68,61-41-35-53(5)48-55(61)7)63-43-38-58(51-66(63)75)78-46-33-30-27-25-23-21-18-15-12-9-2/h34-43,47-51,72-75H,8-33,44-46H2,1-7H3,(H,70,71). The lowest BCUT2D eigenvalue weighted by molar-refractivity contribution is 0.230. The maximum absolute atomic E-state index is 12.6. The van der Waals surface area contributed by atoms with Crippen LogP contribution in [0.25, 0.3) is 0 Å². The number of phenolic OH excluding ortho intramolecular Hbond substituents is 3. The largest absolute Gasteiger partial charge is 0.507 e. The predicted molar refractivity (Wildman–Crippen MR) is 324 cm³/mol. The normalized spacial score (nSPS) is 16.2. The van der Waals surface area contributed by atoms with Crippen LogP contribution in [-0.2, 0) is 11.3 Å². The van der Waals surface area contributed by atoms with Crippen molar-refractivity contribution in [3.05, 3.63) is 141 Å². The summed E-state index contributed by atoms with van der Waals surface area (Å²) in [6.07, 6.45) is 31.6. The van der Waals surface area contributed by atoms with Crippen molar-refractivity contribution < 1.29 is 29.5 Å². The molecule has 0 bridgehead atoms. The van der Waals surface area contributed by atoms with Gasteiger partial charge in [0.1, 0.15) is 46.0 Å². The van der Waals surface area contributed by atoms with Crippen LogP contribution >= 0.6 is 0 Å². The van der Waals surface area contributed by atoms with E-state index in [-0.39, 0.29) is 17.2 Å². The van der Waals surface area contributed by atoms with Crippen LogP contribution in [0.15, 0.2) is 96.0 Å². The van der Waals surface area contributed by atoms with Gasteiger partial charge in [-0.3, -0.25) is 5.32 Å². The molecule has 9 heteroatoms. The lowest BCUT2D eigenvalue weighted by Crippen LogP contribution is -2.67. The van der Waals surface area contributed by atoms with Gasteiger partial charge in [0, 0.05) is 34.9 Å². The van der Waals surface area contributed by atoms with Crippen LogP contribution in [0.5, 0.6) is 34.5 Å². The molecule has 0 aliphatic carbocycles. The van der Waals surface area contributed by atoms with E-state index in [1.54, 1.807) is 18.2 Å². The van der Waals surface area contributed by atoms with Gasteiger partial charge in [0.05, 0.1) is 25.4 Å². The Balaban J connectivity index is 1.39.